The molecule has 0 aliphatic heterocycles. The molecule has 0 rings (SSSR count). The first-order valence-corrected chi connectivity index (χ1v) is 4.15. The third kappa shape index (κ3) is 4.66. The van der Waals surface area contributed by atoms with Crippen molar-refractivity contribution in [2.75, 3.05) is 6.54 Å². The van der Waals surface area contributed by atoms with Crippen molar-refractivity contribution in [3.8, 4) is 0 Å². The Morgan fingerprint density at radius 3 is 1.67 bits per heavy atom. The minimum Gasteiger partial charge on any atom is -0.379 e. The largest absolute Gasteiger partial charge is 0.379 e. The first-order valence-electron chi connectivity index (χ1n) is 4.15. The van der Waals surface area contributed by atoms with Gasteiger partial charge in [0.15, 0.2) is 0 Å². The van der Waals surface area contributed by atoms with Crippen molar-refractivity contribution >= 4 is 0 Å². The molecule has 74 valence electrons. The standard InChI is InChI=1S/C8H20N2O2/c1-6(11)10(7(2)12)5-8(3,4)9/h6-7,11-12H,5,9H2,1-4H3. The van der Waals surface area contributed by atoms with Crippen LogP contribution in [0, 0.1) is 0 Å². The van der Waals surface area contributed by atoms with Crippen LogP contribution in [0.15, 0.2) is 0 Å². The molecule has 4 N–H and O–H groups in total. The Morgan fingerprint density at radius 1 is 1.25 bits per heavy atom. The second-order valence-electron chi connectivity index (χ2n) is 3.92. The number of hydrogen-bond acceptors (Lipinski definition) is 4. The minimum atomic E-state index is -0.673. The summed E-state index contributed by atoms with van der Waals surface area (Å²) >= 11 is 0. The monoisotopic (exact) mass is 176 g/mol. The van der Waals surface area contributed by atoms with Crippen molar-refractivity contribution in [2.45, 2.75) is 45.7 Å². The molecular formula is C8H20N2O2. The second kappa shape index (κ2) is 4.18. The number of aliphatic hydroxyl groups excluding tert-OH is 2. The molecule has 2 unspecified atom stereocenters. The molecule has 0 aliphatic rings. The lowest BCUT2D eigenvalue weighted by Gasteiger charge is -2.33. The van der Waals surface area contributed by atoms with Crippen LogP contribution in [0.3, 0.4) is 0 Å². The van der Waals surface area contributed by atoms with Crippen LogP contribution in [0.4, 0.5) is 0 Å². The van der Waals surface area contributed by atoms with Gasteiger partial charge in [0, 0.05) is 12.1 Å². The fourth-order valence-corrected chi connectivity index (χ4v) is 1.05. The quantitative estimate of drug-likeness (QED) is 0.514. The van der Waals surface area contributed by atoms with E-state index in [0.29, 0.717) is 6.54 Å². The fourth-order valence-electron chi connectivity index (χ4n) is 1.05. The van der Waals surface area contributed by atoms with Gasteiger partial charge < -0.3 is 15.9 Å². The maximum absolute atomic E-state index is 9.26. The van der Waals surface area contributed by atoms with Crippen LogP contribution >= 0.6 is 0 Å². The number of aliphatic hydroxyl groups is 2. The Morgan fingerprint density at radius 2 is 1.58 bits per heavy atom. The molecule has 0 saturated heterocycles. The molecule has 0 aromatic carbocycles. The number of nitrogens with zero attached hydrogens (tertiary/aromatic N) is 1. The van der Waals surface area contributed by atoms with Crippen molar-refractivity contribution < 1.29 is 10.2 Å². The Bertz CT molecular complexity index is 122. The van der Waals surface area contributed by atoms with E-state index < -0.39 is 18.0 Å². The zero-order chi connectivity index (χ0) is 9.94. The summed E-state index contributed by atoms with van der Waals surface area (Å²) in [5.74, 6) is 0. The van der Waals surface area contributed by atoms with Gasteiger partial charge in [0.05, 0.1) is 0 Å². The van der Waals surface area contributed by atoms with Crippen molar-refractivity contribution in [3.63, 3.8) is 0 Å². The van der Waals surface area contributed by atoms with Gasteiger partial charge in [0.1, 0.15) is 12.5 Å². The molecule has 12 heavy (non-hydrogen) atoms. The molecule has 0 aromatic rings. The van der Waals surface area contributed by atoms with E-state index >= 15 is 0 Å². The summed E-state index contributed by atoms with van der Waals surface area (Å²) in [6.07, 6.45) is -1.35. The van der Waals surface area contributed by atoms with Crippen LogP contribution in [-0.4, -0.2) is 39.7 Å². The molecule has 0 aromatic heterocycles. The second-order valence-corrected chi connectivity index (χ2v) is 3.92. The zero-order valence-corrected chi connectivity index (χ0v) is 8.28. The third-order valence-electron chi connectivity index (χ3n) is 1.55. The minimum absolute atomic E-state index is 0.409. The SMILES string of the molecule is CC(O)N(CC(C)(C)N)C(C)O. The van der Waals surface area contributed by atoms with E-state index in [1.165, 1.54) is 4.90 Å². The van der Waals surface area contributed by atoms with Gasteiger partial charge in [-0.3, -0.25) is 4.90 Å². The van der Waals surface area contributed by atoms with E-state index in [1.54, 1.807) is 13.8 Å². The molecule has 0 spiro atoms. The third-order valence-corrected chi connectivity index (χ3v) is 1.55. The van der Waals surface area contributed by atoms with Crippen LogP contribution < -0.4 is 5.73 Å². The Kier molecular flexibility index (Phi) is 4.13. The number of rotatable bonds is 4. The Hall–Kier alpha value is -0.160. The Balaban J connectivity index is 4.15. The molecule has 4 heteroatoms. The van der Waals surface area contributed by atoms with Gasteiger partial charge in [-0.1, -0.05) is 0 Å². The Labute approximate surface area is 74.0 Å². The smallest absolute Gasteiger partial charge is 0.106 e. The highest BCUT2D eigenvalue weighted by Crippen LogP contribution is 2.07. The highest BCUT2D eigenvalue weighted by molar-refractivity contribution is 4.77. The molecule has 0 fully saturated rings. The van der Waals surface area contributed by atoms with Gasteiger partial charge in [-0.25, -0.2) is 0 Å². The summed E-state index contributed by atoms with van der Waals surface area (Å²) in [5, 5.41) is 18.5. The van der Waals surface area contributed by atoms with Crippen molar-refractivity contribution in [1.82, 2.24) is 4.90 Å². The molecule has 4 nitrogen and oxygen atoms in total. The van der Waals surface area contributed by atoms with Gasteiger partial charge in [0.25, 0.3) is 0 Å². The van der Waals surface area contributed by atoms with E-state index in [-0.39, 0.29) is 0 Å². The fraction of sp³-hybridized carbons (Fsp3) is 1.00. The zero-order valence-electron chi connectivity index (χ0n) is 8.28. The van der Waals surface area contributed by atoms with Crippen LogP contribution in [-0.2, 0) is 0 Å². The summed E-state index contributed by atoms with van der Waals surface area (Å²) in [4.78, 5) is 1.53. The molecule has 0 saturated carbocycles. The highest BCUT2D eigenvalue weighted by Gasteiger charge is 2.22. The first-order chi connectivity index (χ1) is 5.24. The van der Waals surface area contributed by atoms with E-state index in [2.05, 4.69) is 0 Å². The van der Waals surface area contributed by atoms with E-state index in [1.807, 2.05) is 13.8 Å². The number of nitrogens with two attached hydrogens (primary N) is 1. The van der Waals surface area contributed by atoms with Crippen LogP contribution in [0.5, 0.6) is 0 Å². The molecule has 0 bridgehead atoms. The normalized spacial score (nSPS) is 18.0. The van der Waals surface area contributed by atoms with Gasteiger partial charge in [-0.2, -0.15) is 0 Å². The predicted octanol–water partition coefficient (Wildman–Crippen LogP) is -0.298. The molecule has 0 amide bonds. The summed E-state index contributed by atoms with van der Waals surface area (Å²) < 4.78 is 0. The molecule has 0 radical (unpaired) electrons. The van der Waals surface area contributed by atoms with Crippen LogP contribution in [0.25, 0.3) is 0 Å². The first kappa shape index (κ1) is 11.8. The average molecular weight is 176 g/mol. The molecule has 2 atom stereocenters. The lowest BCUT2D eigenvalue weighted by molar-refractivity contribution is -0.0916. The van der Waals surface area contributed by atoms with Crippen molar-refractivity contribution in [1.29, 1.82) is 0 Å². The summed E-state index contributed by atoms with van der Waals surface area (Å²) in [6, 6.07) is 0. The van der Waals surface area contributed by atoms with E-state index in [4.69, 9.17) is 5.73 Å². The van der Waals surface area contributed by atoms with Crippen LogP contribution in [0.1, 0.15) is 27.7 Å². The lowest BCUT2D eigenvalue weighted by Crippen LogP contribution is -2.51. The van der Waals surface area contributed by atoms with Gasteiger partial charge in [-0.05, 0) is 27.7 Å². The maximum atomic E-state index is 9.26. The van der Waals surface area contributed by atoms with Gasteiger partial charge in [-0.15, -0.1) is 0 Å². The van der Waals surface area contributed by atoms with Crippen molar-refractivity contribution in [3.05, 3.63) is 0 Å². The average Bonchev–Trinajstić information content (AvgIpc) is 1.79. The van der Waals surface area contributed by atoms with E-state index in [0.717, 1.165) is 0 Å². The summed E-state index contributed by atoms with van der Waals surface area (Å²) in [6.45, 7) is 7.38. The molecule has 0 heterocycles. The topological polar surface area (TPSA) is 69.7 Å². The molecule has 0 aliphatic carbocycles. The van der Waals surface area contributed by atoms with Crippen molar-refractivity contribution in [2.24, 2.45) is 5.73 Å². The molecular weight excluding hydrogens is 156 g/mol. The van der Waals surface area contributed by atoms with Gasteiger partial charge in [0.2, 0.25) is 0 Å². The predicted molar refractivity (Wildman–Crippen MR) is 48.3 cm³/mol. The summed E-state index contributed by atoms with van der Waals surface area (Å²) in [7, 11) is 0. The van der Waals surface area contributed by atoms with E-state index in [9.17, 15) is 10.2 Å². The van der Waals surface area contributed by atoms with Gasteiger partial charge >= 0.3 is 0 Å². The van der Waals surface area contributed by atoms with Crippen LogP contribution in [0.2, 0.25) is 0 Å². The highest BCUT2D eigenvalue weighted by atomic mass is 16.3. The maximum Gasteiger partial charge on any atom is 0.106 e. The summed E-state index contributed by atoms with van der Waals surface area (Å²) in [5.41, 5.74) is 5.34. The lowest BCUT2D eigenvalue weighted by atomic mass is 10.1. The number of hydrogen-bond donors (Lipinski definition) is 3.